The number of nitrogens with one attached hydrogen (secondary N) is 2. The zero-order valence-electron chi connectivity index (χ0n) is 12.4. The minimum Gasteiger partial charge on any atom is -0.481 e. The third-order valence-electron chi connectivity index (χ3n) is 2.94. The summed E-state index contributed by atoms with van der Waals surface area (Å²) in [6.45, 7) is 5.84. The van der Waals surface area contributed by atoms with Crippen LogP contribution in [0.25, 0.3) is 0 Å². The number of carbonyl (C=O) groups excluding carboxylic acids is 2. The predicted molar refractivity (Wildman–Crippen MR) is 80.4 cm³/mol. The zero-order valence-corrected chi connectivity index (χ0v) is 13.2. The number of rotatable bonds is 6. The second-order valence-corrected chi connectivity index (χ2v) is 6.32. The number of carbonyl (C=O) groups is 3. The first-order valence-electron chi connectivity index (χ1n) is 6.68. The van der Waals surface area contributed by atoms with Crippen molar-refractivity contribution in [1.82, 2.24) is 10.6 Å². The Morgan fingerprint density at radius 1 is 1.29 bits per heavy atom. The van der Waals surface area contributed by atoms with Crippen LogP contribution in [0.2, 0.25) is 0 Å². The largest absolute Gasteiger partial charge is 0.481 e. The van der Waals surface area contributed by atoms with Crippen LogP contribution in [0, 0.1) is 13.8 Å². The van der Waals surface area contributed by atoms with E-state index in [0.29, 0.717) is 0 Å². The van der Waals surface area contributed by atoms with Gasteiger partial charge in [-0.1, -0.05) is 0 Å². The topological polar surface area (TPSA) is 95.5 Å². The van der Waals surface area contributed by atoms with E-state index in [9.17, 15) is 14.4 Å². The molecule has 116 valence electrons. The molecule has 1 atom stereocenters. The van der Waals surface area contributed by atoms with Gasteiger partial charge in [0.2, 0.25) is 5.91 Å². The van der Waals surface area contributed by atoms with Crippen LogP contribution in [-0.2, 0) is 9.59 Å². The molecule has 7 heteroatoms. The van der Waals surface area contributed by atoms with Gasteiger partial charge in [-0.3, -0.25) is 14.9 Å². The van der Waals surface area contributed by atoms with E-state index in [4.69, 9.17) is 5.11 Å². The summed E-state index contributed by atoms with van der Waals surface area (Å²) in [7, 11) is 0. The predicted octanol–water partition coefficient (Wildman–Crippen LogP) is 2.51. The molecule has 1 heterocycles. The molecule has 1 rings (SSSR count). The lowest BCUT2D eigenvalue weighted by atomic mass is 10.1. The number of hydrogen-bond acceptors (Lipinski definition) is 4. The average Bonchev–Trinajstić information content (AvgIpc) is 2.67. The Balaban J connectivity index is 2.41. The molecule has 0 aliphatic rings. The van der Waals surface area contributed by atoms with Crippen LogP contribution >= 0.6 is 11.3 Å². The summed E-state index contributed by atoms with van der Waals surface area (Å²) < 4.78 is 0. The summed E-state index contributed by atoms with van der Waals surface area (Å²) in [6, 6.07) is 1.26. The molecular formula is C14H20N2O4S. The van der Waals surface area contributed by atoms with Crippen molar-refractivity contribution in [2.45, 2.75) is 46.1 Å². The molecule has 0 aliphatic carbocycles. The summed E-state index contributed by atoms with van der Waals surface area (Å²) in [4.78, 5) is 35.8. The molecular weight excluding hydrogens is 292 g/mol. The minimum absolute atomic E-state index is 0.0185. The Hall–Kier alpha value is -1.89. The first kappa shape index (κ1) is 17.2. The van der Waals surface area contributed by atoms with Crippen molar-refractivity contribution in [2.24, 2.45) is 0 Å². The van der Waals surface area contributed by atoms with Crippen molar-refractivity contribution in [3.8, 4) is 0 Å². The van der Waals surface area contributed by atoms with Crippen molar-refractivity contribution < 1.29 is 19.5 Å². The molecule has 21 heavy (non-hydrogen) atoms. The van der Waals surface area contributed by atoms with Gasteiger partial charge in [0.15, 0.2) is 0 Å². The number of imide groups is 1. The highest BCUT2D eigenvalue weighted by Crippen LogP contribution is 2.25. The van der Waals surface area contributed by atoms with E-state index in [2.05, 4.69) is 10.6 Å². The minimum atomic E-state index is -0.954. The summed E-state index contributed by atoms with van der Waals surface area (Å²) in [6.07, 6.45) is 0.149. The lowest BCUT2D eigenvalue weighted by Crippen LogP contribution is -2.40. The van der Waals surface area contributed by atoms with Crippen LogP contribution in [0.4, 0.5) is 4.79 Å². The maximum absolute atomic E-state index is 11.7. The van der Waals surface area contributed by atoms with E-state index < -0.39 is 17.9 Å². The van der Waals surface area contributed by atoms with Crippen LogP contribution in [0.15, 0.2) is 6.07 Å². The molecule has 0 saturated heterocycles. The number of aliphatic carboxylic acids is 1. The second kappa shape index (κ2) is 7.78. The van der Waals surface area contributed by atoms with E-state index in [-0.39, 0.29) is 25.3 Å². The molecule has 3 N–H and O–H groups in total. The van der Waals surface area contributed by atoms with Gasteiger partial charge >= 0.3 is 12.0 Å². The molecule has 0 bridgehead atoms. The van der Waals surface area contributed by atoms with Gasteiger partial charge in [-0.05, 0) is 38.8 Å². The number of thiophene rings is 1. The van der Waals surface area contributed by atoms with Gasteiger partial charge in [-0.2, -0.15) is 0 Å². The van der Waals surface area contributed by atoms with E-state index in [1.807, 2.05) is 26.8 Å². The number of urea groups is 1. The molecule has 3 amide bonds. The molecule has 1 unspecified atom stereocenters. The first-order valence-corrected chi connectivity index (χ1v) is 7.50. The molecule has 1 aromatic rings. The highest BCUT2D eigenvalue weighted by atomic mass is 32.1. The standard InChI is InChI=1S/C14H20N2O4S/c1-8-7-11(10(3)21-8)9(2)15-14(20)16-12(17)5-4-6-13(18)19/h7,9H,4-6H2,1-3H3,(H,18,19)(H2,15,16,17,20). The highest BCUT2D eigenvalue weighted by molar-refractivity contribution is 7.12. The summed E-state index contributed by atoms with van der Waals surface area (Å²) in [5.74, 6) is -1.43. The van der Waals surface area contributed by atoms with Crippen molar-refractivity contribution >= 4 is 29.2 Å². The lowest BCUT2D eigenvalue weighted by Gasteiger charge is -2.14. The summed E-state index contributed by atoms with van der Waals surface area (Å²) in [5, 5.41) is 13.4. The third-order valence-corrected chi connectivity index (χ3v) is 3.92. The Morgan fingerprint density at radius 3 is 2.48 bits per heavy atom. The van der Waals surface area contributed by atoms with Gasteiger partial charge in [0.25, 0.3) is 0 Å². The van der Waals surface area contributed by atoms with E-state index >= 15 is 0 Å². The Bertz CT molecular complexity index is 539. The molecule has 0 spiro atoms. The monoisotopic (exact) mass is 312 g/mol. The summed E-state index contributed by atoms with van der Waals surface area (Å²) in [5.41, 5.74) is 1.03. The molecule has 0 aromatic carbocycles. The van der Waals surface area contributed by atoms with Gasteiger partial charge in [-0.15, -0.1) is 11.3 Å². The summed E-state index contributed by atoms with van der Waals surface area (Å²) >= 11 is 1.66. The van der Waals surface area contributed by atoms with Crippen LogP contribution < -0.4 is 10.6 Å². The lowest BCUT2D eigenvalue weighted by molar-refractivity contribution is -0.137. The number of carboxylic acids is 1. The third kappa shape index (κ3) is 5.95. The fourth-order valence-corrected chi connectivity index (χ4v) is 3.00. The SMILES string of the molecule is Cc1cc(C(C)NC(=O)NC(=O)CCCC(=O)O)c(C)s1. The van der Waals surface area contributed by atoms with Gasteiger partial charge in [0.05, 0.1) is 6.04 Å². The van der Waals surface area contributed by atoms with Crippen LogP contribution in [0.1, 0.15) is 47.5 Å². The quantitative estimate of drug-likeness (QED) is 0.752. The Kier molecular flexibility index (Phi) is 6.36. The maximum Gasteiger partial charge on any atom is 0.321 e. The highest BCUT2D eigenvalue weighted by Gasteiger charge is 2.15. The van der Waals surface area contributed by atoms with Crippen molar-refractivity contribution in [3.63, 3.8) is 0 Å². The molecule has 0 aliphatic heterocycles. The molecule has 0 saturated carbocycles. The van der Waals surface area contributed by atoms with E-state index in [1.165, 1.54) is 4.88 Å². The van der Waals surface area contributed by atoms with Gasteiger partial charge in [-0.25, -0.2) is 4.79 Å². The second-order valence-electron chi connectivity index (χ2n) is 4.86. The molecule has 0 radical (unpaired) electrons. The van der Waals surface area contributed by atoms with Crippen molar-refractivity contribution in [2.75, 3.05) is 0 Å². The molecule has 0 fully saturated rings. The zero-order chi connectivity index (χ0) is 16.0. The van der Waals surface area contributed by atoms with Crippen LogP contribution in [-0.4, -0.2) is 23.0 Å². The van der Waals surface area contributed by atoms with Crippen LogP contribution in [0.5, 0.6) is 0 Å². The molecule has 1 aromatic heterocycles. The van der Waals surface area contributed by atoms with Crippen molar-refractivity contribution in [1.29, 1.82) is 0 Å². The van der Waals surface area contributed by atoms with E-state index in [1.54, 1.807) is 11.3 Å². The fraction of sp³-hybridized carbons (Fsp3) is 0.500. The Labute approximate surface area is 127 Å². The number of hydrogen-bond donors (Lipinski definition) is 3. The maximum atomic E-state index is 11.7. The number of carboxylic acid groups (broad SMARTS) is 1. The van der Waals surface area contributed by atoms with Gasteiger partial charge in [0.1, 0.15) is 0 Å². The normalized spacial score (nSPS) is 11.8. The average molecular weight is 312 g/mol. The van der Waals surface area contributed by atoms with Crippen LogP contribution in [0.3, 0.4) is 0 Å². The van der Waals surface area contributed by atoms with E-state index in [0.717, 1.165) is 10.4 Å². The number of amides is 3. The Morgan fingerprint density at radius 2 is 1.95 bits per heavy atom. The first-order chi connectivity index (χ1) is 9.79. The molecule has 6 nitrogen and oxygen atoms in total. The van der Waals surface area contributed by atoms with Gasteiger partial charge in [0, 0.05) is 22.6 Å². The van der Waals surface area contributed by atoms with Gasteiger partial charge < -0.3 is 10.4 Å². The fourth-order valence-electron chi connectivity index (χ4n) is 1.98. The smallest absolute Gasteiger partial charge is 0.321 e. The van der Waals surface area contributed by atoms with Crippen molar-refractivity contribution in [3.05, 3.63) is 21.4 Å². The number of aryl methyl sites for hydroxylation is 2.